The van der Waals surface area contributed by atoms with E-state index < -0.39 is 8.32 Å². The third-order valence-electron chi connectivity index (χ3n) is 3.82. The molecule has 0 saturated carbocycles. The predicted molar refractivity (Wildman–Crippen MR) is 82.6 cm³/mol. The van der Waals surface area contributed by atoms with Crippen molar-refractivity contribution in [3.05, 3.63) is 36.2 Å². The summed E-state index contributed by atoms with van der Waals surface area (Å²) in [6, 6.07) is 8.61. The number of rotatable bonds is 5. The fourth-order valence-electron chi connectivity index (χ4n) is 1.48. The minimum Gasteiger partial charge on any atom is -0.544 e. The molecule has 1 nitrogen and oxygen atoms in total. The lowest BCUT2D eigenvalue weighted by Gasteiger charge is -2.36. The van der Waals surface area contributed by atoms with Gasteiger partial charge in [0.1, 0.15) is 5.75 Å². The first-order chi connectivity index (χ1) is 8.26. The van der Waals surface area contributed by atoms with Gasteiger partial charge in [-0.15, -0.1) is 0 Å². The highest BCUT2D eigenvalue weighted by Gasteiger charge is 2.38. The first-order valence-corrected chi connectivity index (χ1v) is 9.73. The Balaban J connectivity index is 2.69. The van der Waals surface area contributed by atoms with Crippen molar-refractivity contribution in [2.75, 3.05) is 0 Å². The molecule has 2 heteroatoms. The van der Waals surface area contributed by atoms with E-state index in [-0.39, 0.29) is 5.04 Å². The van der Waals surface area contributed by atoms with Crippen molar-refractivity contribution >= 4 is 8.32 Å². The average Bonchev–Trinajstić information content (AvgIpc) is 2.26. The molecule has 0 aliphatic heterocycles. The van der Waals surface area contributed by atoms with Crippen molar-refractivity contribution in [1.29, 1.82) is 0 Å². The summed E-state index contributed by atoms with van der Waals surface area (Å²) in [6.45, 7) is 13.5. The zero-order chi connectivity index (χ0) is 13.8. The number of hydrogen-bond acceptors (Lipinski definition) is 1. The molecule has 0 aliphatic carbocycles. The van der Waals surface area contributed by atoms with Crippen LogP contribution in [0.15, 0.2) is 24.3 Å². The van der Waals surface area contributed by atoms with E-state index in [1.807, 2.05) is 0 Å². The standard InChI is InChI=1S/C16H27OSi/c1-7-8-9-14-10-12-15(13-11-14)17-18(5,6)16(2,3)4/h7,10-13H,8-9H2,1-6H3. The van der Waals surface area contributed by atoms with Crippen LogP contribution >= 0.6 is 0 Å². The van der Waals surface area contributed by atoms with Gasteiger partial charge in [-0.3, -0.25) is 0 Å². The molecule has 18 heavy (non-hydrogen) atoms. The van der Waals surface area contributed by atoms with Gasteiger partial charge < -0.3 is 4.43 Å². The highest BCUT2D eigenvalue weighted by atomic mass is 28.4. The summed E-state index contributed by atoms with van der Waals surface area (Å²) < 4.78 is 6.26. The lowest BCUT2D eigenvalue weighted by atomic mass is 10.1. The van der Waals surface area contributed by atoms with Crippen LogP contribution in [-0.4, -0.2) is 8.32 Å². The lowest BCUT2D eigenvalue weighted by Crippen LogP contribution is -2.43. The number of aryl methyl sites for hydroxylation is 1. The minimum absolute atomic E-state index is 0.253. The van der Waals surface area contributed by atoms with Crippen molar-refractivity contribution in [2.45, 2.75) is 58.7 Å². The van der Waals surface area contributed by atoms with Crippen LogP contribution in [0, 0.1) is 6.42 Å². The summed E-state index contributed by atoms with van der Waals surface area (Å²) in [5, 5.41) is 0.253. The maximum Gasteiger partial charge on any atom is 0.250 e. The van der Waals surface area contributed by atoms with E-state index in [9.17, 15) is 0 Å². The second kappa shape index (κ2) is 5.92. The fourth-order valence-corrected chi connectivity index (χ4v) is 2.51. The topological polar surface area (TPSA) is 9.23 Å². The second-order valence-corrected chi connectivity index (χ2v) is 11.2. The van der Waals surface area contributed by atoms with Crippen molar-refractivity contribution in [1.82, 2.24) is 0 Å². The Hall–Kier alpha value is -0.763. The van der Waals surface area contributed by atoms with Gasteiger partial charge in [-0.05, 0) is 55.1 Å². The van der Waals surface area contributed by atoms with Crippen LogP contribution in [0.5, 0.6) is 5.75 Å². The van der Waals surface area contributed by atoms with Gasteiger partial charge in [0.05, 0.1) is 0 Å². The van der Waals surface area contributed by atoms with Gasteiger partial charge in [-0.1, -0.05) is 39.8 Å². The van der Waals surface area contributed by atoms with E-state index >= 15 is 0 Å². The molecule has 0 saturated heterocycles. The highest BCUT2D eigenvalue weighted by molar-refractivity contribution is 6.74. The molecule has 1 rings (SSSR count). The zero-order valence-corrected chi connectivity index (χ0v) is 13.7. The molecule has 1 aromatic carbocycles. The Kier molecular flexibility index (Phi) is 5.03. The van der Waals surface area contributed by atoms with Crippen LogP contribution in [0.2, 0.25) is 18.1 Å². The van der Waals surface area contributed by atoms with Crippen molar-refractivity contribution in [3.8, 4) is 5.75 Å². The largest absolute Gasteiger partial charge is 0.544 e. The summed E-state index contributed by atoms with van der Waals surface area (Å²) in [7, 11) is -1.69. The van der Waals surface area contributed by atoms with Gasteiger partial charge in [-0.2, -0.15) is 0 Å². The minimum atomic E-state index is -1.69. The van der Waals surface area contributed by atoms with Crippen LogP contribution in [0.25, 0.3) is 0 Å². The molecule has 0 bridgehead atoms. The third-order valence-corrected chi connectivity index (χ3v) is 8.18. The quantitative estimate of drug-likeness (QED) is 0.661. The SMILES string of the molecule is C[CH]CCc1ccc(O[Si](C)(C)C(C)(C)C)cc1. The molecule has 101 valence electrons. The van der Waals surface area contributed by atoms with E-state index in [0.29, 0.717) is 0 Å². The first-order valence-electron chi connectivity index (χ1n) is 6.82. The summed E-state index contributed by atoms with van der Waals surface area (Å²) in [5.74, 6) is 1.02. The molecule has 0 heterocycles. The number of hydrogen-bond donors (Lipinski definition) is 0. The van der Waals surface area contributed by atoms with E-state index in [1.165, 1.54) is 5.56 Å². The molecular weight excluding hydrogens is 236 g/mol. The Bertz CT molecular complexity index is 360. The molecule has 0 atom stereocenters. The van der Waals surface area contributed by atoms with Crippen LogP contribution in [0.1, 0.15) is 39.7 Å². The monoisotopic (exact) mass is 263 g/mol. The zero-order valence-electron chi connectivity index (χ0n) is 12.7. The Labute approximate surface area is 114 Å². The molecule has 1 aromatic rings. The molecule has 1 radical (unpaired) electrons. The van der Waals surface area contributed by atoms with Gasteiger partial charge in [0.25, 0.3) is 0 Å². The first kappa shape index (κ1) is 15.3. The highest BCUT2D eigenvalue weighted by Crippen LogP contribution is 2.37. The lowest BCUT2D eigenvalue weighted by molar-refractivity contribution is 0.492. The smallest absolute Gasteiger partial charge is 0.250 e. The van der Waals surface area contributed by atoms with Crippen LogP contribution in [-0.2, 0) is 6.42 Å². The molecule has 0 aromatic heterocycles. The molecule has 0 amide bonds. The van der Waals surface area contributed by atoms with Crippen molar-refractivity contribution in [2.24, 2.45) is 0 Å². The van der Waals surface area contributed by atoms with Gasteiger partial charge in [0, 0.05) is 0 Å². The third kappa shape index (κ3) is 4.16. The van der Waals surface area contributed by atoms with Gasteiger partial charge >= 0.3 is 0 Å². The Morgan fingerprint density at radius 1 is 1.11 bits per heavy atom. The van der Waals surface area contributed by atoms with E-state index in [1.54, 1.807) is 0 Å². The maximum atomic E-state index is 6.26. The average molecular weight is 263 g/mol. The second-order valence-electron chi connectivity index (χ2n) is 6.45. The maximum absolute atomic E-state index is 6.26. The summed E-state index contributed by atoms with van der Waals surface area (Å²) in [5.41, 5.74) is 1.38. The van der Waals surface area contributed by atoms with Crippen LogP contribution < -0.4 is 4.43 Å². The summed E-state index contributed by atoms with van der Waals surface area (Å²) in [4.78, 5) is 0. The molecule has 0 fully saturated rings. The van der Waals surface area contributed by atoms with E-state index in [4.69, 9.17) is 4.43 Å². The van der Waals surface area contributed by atoms with Gasteiger partial charge in [-0.25, -0.2) is 0 Å². The number of benzene rings is 1. The van der Waals surface area contributed by atoms with E-state index in [0.717, 1.165) is 18.6 Å². The molecule has 0 aliphatic rings. The molecule has 0 spiro atoms. The van der Waals surface area contributed by atoms with Crippen LogP contribution in [0.3, 0.4) is 0 Å². The molecule has 0 N–H and O–H groups in total. The Morgan fingerprint density at radius 3 is 2.11 bits per heavy atom. The van der Waals surface area contributed by atoms with Gasteiger partial charge in [0.2, 0.25) is 8.32 Å². The molecule has 0 unspecified atom stereocenters. The summed E-state index contributed by atoms with van der Waals surface area (Å²) in [6.07, 6.45) is 4.47. The van der Waals surface area contributed by atoms with Crippen molar-refractivity contribution < 1.29 is 4.43 Å². The molecular formula is C16H27OSi. The predicted octanol–water partition coefficient (Wildman–Crippen LogP) is 5.23. The van der Waals surface area contributed by atoms with Gasteiger partial charge in [0.15, 0.2) is 0 Å². The van der Waals surface area contributed by atoms with E-state index in [2.05, 4.69) is 71.5 Å². The van der Waals surface area contributed by atoms with Crippen molar-refractivity contribution in [3.63, 3.8) is 0 Å². The van der Waals surface area contributed by atoms with Crippen LogP contribution in [0.4, 0.5) is 0 Å². The fraction of sp³-hybridized carbons (Fsp3) is 0.562. The summed E-state index contributed by atoms with van der Waals surface area (Å²) >= 11 is 0. The normalized spacial score (nSPS) is 12.6. The number of unbranched alkanes of at least 4 members (excludes halogenated alkanes) is 1. The Morgan fingerprint density at radius 2 is 1.67 bits per heavy atom.